The highest BCUT2D eigenvalue weighted by atomic mass is 127. The minimum absolute atomic E-state index is 0.107. The Morgan fingerprint density at radius 2 is 2.40 bits per heavy atom. The fourth-order valence-corrected chi connectivity index (χ4v) is 2.94. The molecule has 0 saturated carbocycles. The van der Waals surface area contributed by atoms with Crippen molar-refractivity contribution in [2.75, 3.05) is 24.6 Å². The molecule has 1 amide bonds. The number of nitrogens with one attached hydrogen (secondary N) is 1. The normalized spacial score (nSPS) is 17.5. The van der Waals surface area contributed by atoms with E-state index < -0.39 is 0 Å². The quantitative estimate of drug-likeness (QED) is 0.792. The van der Waals surface area contributed by atoms with Crippen LogP contribution in [0.15, 0.2) is 6.20 Å². The number of carbonyl (C=O) groups is 1. The van der Waals surface area contributed by atoms with E-state index in [1.807, 2.05) is 16.7 Å². The van der Waals surface area contributed by atoms with Crippen molar-refractivity contribution in [2.45, 2.75) is 6.42 Å². The second kappa shape index (κ2) is 5.20. The van der Waals surface area contributed by atoms with Gasteiger partial charge in [0, 0.05) is 18.8 Å². The summed E-state index contributed by atoms with van der Waals surface area (Å²) in [7, 11) is 0. The zero-order valence-electron chi connectivity index (χ0n) is 8.20. The zero-order chi connectivity index (χ0) is 10.7. The molecule has 6 heteroatoms. The second-order valence-corrected chi connectivity index (χ2v) is 5.66. The van der Waals surface area contributed by atoms with Gasteiger partial charge in [-0.15, -0.1) is 0 Å². The van der Waals surface area contributed by atoms with Gasteiger partial charge in [0.05, 0.1) is 11.8 Å². The standard InChI is InChI=1S/C9H12IN3OS/c10-8-7(6-11-12-8)9(14)13-2-1-4-15-5-3-13/h6H,1-5H2,(H,11,12). The van der Waals surface area contributed by atoms with E-state index >= 15 is 0 Å². The third-order valence-electron chi connectivity index (χ3n) is 2.33. The second-order valence-electron chi connectivity index (χ2n) is 3.36. The van der Waals surface area contributed by atoms with Gasteiger partial charge in [-0.25, -0.2) is 0 Å². The summed E-state index contributed by atoms with van der Waals surface area (Å²) in [4.78, 5) is 14.0. The van der Waals surface area contributed by atoms with Crippen molar-refractivity contribution in [2.24, 2.45) is 0 Å². The lowest BCUT2D eigenvalue weighted by atomic mass is 10.3. The Labute approximate surface area is 106 Å². The SMILES string of the molecule is O=C(c1cn[nH]c1I)N1CCCSCC1. The van der Waals surface area contributed by atoms with E-state index in [0.717, 1.165) is 34.7 Å². The molecule has 1 saturated heterocycles. The van der Waals surface area contributed by atoms with Crippen molar-refractivity contribution in [3.63, 3.8) is 0 Å². The molecule has 1 aromatic rings. The van der Waals surface area contributed by atoms with E-state index in [4.69, 9.17) is 0 Å². The third-order valence-corrected chi connectivity index (χ3v) is 4.20. The van der Waals surface area contributed by atoms with E-state index in [0.29, 0.717) is 5.56 Å². The molecule has 1 aliphatic heterocycles. The summed E-state index contributed by atoms with van der Waals surface area (Å²) in [5.41, 5.74) is 0.697. The Morgan fingerprint density at radius 3 is 3.13 bits per heavy atom. The Bertz CT molecular complexity index is 347. The Balaban J connectivity index is 2.09. The molecule has 2 heterocycles. The van der Waals surface area contributed by atoms with Crippen LogP contribution in [0.4, 0.5) is 0 Å². The van der Waals surface area contributed by atoms with E-state index in [1.54, 1.807) is 6.20 Å². The molecule has 0 atom stereocenters. The van der Waals surface area contributed by atoms with Crippen LogP contribution in [0.5, 0.6) is 0 Å². The molecule has 1 N–H and O–H groups in total. The van der Waals surface area contributed by atoms with Crippen LogP contribution in [-0.2, 0) is 0 Å². The van der Waals surface area contributed by atoms with Gasteiger partial charge in [0.1, 0.15) is 3.70 Å². The molecule has 0 spiro atoms. The van der Waals surface area contributed by atoms with Gasteiger partial charge in [-0.1, -0.05) is 0 Å². The smallest absolute Gasteiger partial charge is 0.258 e. The van der Waals surface area contributed by atoms with Gasteiger partial charge in [0.25, 0.3) is 5.91 Å². The molecule has 2 rings (SSSR count). The van der Waals surface area contributed by atoms with Gasteiger partial charge in [-0.3, -0.25) is 9.89 Å². The average Bonchev–Trinajstić information content (AvgIpc) is 2.53. The molecule has 82 valence electrons. The number of H-pyrrole nitrogens is 1. The first kappa shape index (κ1) is 11.3. The summed E-state index contributed by atoms with van der Waals surface area (Å²) in [5.74, 6) is 2.31. The van der Waals surface area contributed by atoms with Crippen LogP contribution >= 0.6 is 34.4 Å². The van der Waals surface area contributed by atoms with Crippen LogP contribution in [0.1, 0.15) is 16.8 Å². The number of nitrogens with zero attached hydrogens (tertiary/aromatic N) is 2. The maximum Gasteiger partial charge on any atom is 0.258 e. The van der Waals surface area contributed by atoms with Crippen LogP contribution in [0.3, 0.4) is 0 Å². The number of amides is 1. The summed E-state index contributed by atoms with van der Waals surface area (Å²) in [5, 5.41) is 6.66. The number of aromatic amines is 1. The van der Waals surface area contributed by atoms with Gasteiger partial charge in [0.15, 0.2) is 0 Å². The van der Waals surface area contributed by atoms with E-state index in [9.17, 15) is 4.79 Å². The van der Waals surface area contributed by atoms with Crippen LogP contribution in [0.2, 0.25) is 0 Å². The van der Waals surface area contributed by atoms with Crippen molar-refractivity contribution >= 4 is 40.3 Å². The number of aromatic nitrogens is 2. The maximum atomic E-state index is 12.1. The predicted octanol–water partition coefficient (Wildman–Crippen LogP) is 1.59. The van der Waals surface area contributed by atoms with E-state index in [1.165, 1.54) is 0 Å². The molecule has 4 nitrogen and oxygen atoms in total. The van der Waals surface area contributed by atoms with Crippen molar-refractivity contribution in [3.05, 3.63) is 15.5 Å². The Kier molecular flexibility index (Phi) is 3.90. The van der Waals surface area contributed by atoms with Crippen LogP contribution in [0, 0.1) is 3.70 Å². The van der Waals surface area contributed by atoms with Crippen molar-refractivity contribution in [1.29, 1.82) is 0 Å². The van der Waals surface area contributed by atoms with Crippen LogP contribution in [-0.4, -0.2) is 45.6 Å². The number of carbonyl (C=O) groups excluding carboxylic acids is 1. The minimum Gasteiger partial charge on any atom is -0.338 e. The lowest BCUT2D eigenvalue weighted by Gasteiger charge is -2.19. The van der Waals surface area contributed by atoms with Gasteiger partial charge in [-0.2, -0.15) is 16.9 Å². The fraction of sp³-hybridized carbons (Fsp3) is 0.556. The number of hydrogen-bond acceptors (Lipinski definition) is 3. The largest absolute Gasteiger partial charge is 0.338 e. The summed E-state index contributed by atoms with van der Waals surface area (Å²) in [6, 6.07) is 0. The van der Waals surface area contributed by atoms with Gasteiger partial charge in [0.2, 0.25) is 0 Å². The van der Waals surface area contributed by atoms with Crippen LogP contribution in [0.25, 0.3) is 0 Å². The zero-order valence-corrected chi connectivity index (χ0v) is 11.2. The lowest BCUT2D eigenvalue weighted by Crippen LogP contribution is -2.33. The van der Waals surface area contributed by atoms with Gasteiger partial charge < -0.3 is 4.90 Å². The molecule has 0 unspecified atom stereocenters. The number of hydrogen-bond donors (Lipinski definition) is 1. The monoisotopic (exact) mass is 337 g/mol. The van der Waals surface area contributed by atoms with E-state index in [2.05, 4.69) is 32.8 Å². The highest BCUT2D eigenvalue weighted by Crippen LogP contribution is 2.15. The average molecular weight is 337 g/mol. The molecule has 1 aromatic heterocycles. The molecule has 0 aliphatic carbocycles. The molecule has 1 fully saturated rings. The van der Waals surface area contributed by atoms with Crippen molar-refractivity contribution < 1.29 is 4.79 Å². The first-order chi connectivity index (χ1) is 7.29. The fourth-order valence-electron chi connectivity index (χ4n) is 1.54. The number of thioether (sulfide) groups is 1. The first-order valence-corrected chi connectivity index (χ1v) is 7.08. The first-order valence-electron chi connectivity index (χ1n) is 4.85. The molecular formula is C9H12IN3OS. The highest BCUT2D eigenvalue weighted by molar-refractivity contribution is 14.1. The van der Waals surface area contributed by atoms with Gasteiger partial charge in [-0.05, 0) is 34.8 Å². The Hall–Kier alpha value is -0.240. The lowest BCUT2D eigenvalue weighted by molar-refractivity contribution is 0.0767. The summed E-state index contributed by atoms with van der Waals surface area (Å²) < 4.78 is 0.828. The molecule has 0 aromatic carbocycles. The predicted molar refractivity (Wildman–Crippen MR) is 69.2 cm³/mol. The van der Waals surface area contributed by atoms with Crippen molar-refractivity contribution in [1.82, 2.24) is 15.1 Å². The number of halogens is 1. The van der Waals surface area contributed by atoms with Crippen LogP contribution < -0.4 is 0 Å². The third kappa shape index (κ3) is 2.66. The Morgan fingerprint density at radius 1 is 1.53 bits per heavy atom. The summed E-state index contributed by atoms with van der Waals surface area (Å²) >= 11 is 4.02. The van der Waals surface area contributed by atoms with E-state index in [-0.39, 0.29) is 5.91 Å². The summed E-state index contributed by atoms with van der Waals surface area (Å²) in [6.45, 7) is 1.72. The summed E-state index contributed by atoms with van der Waals surface area (Å²) in [6.07, 6.45) is 2.70. The van der Waals surface area contributed by atoms with Crippen molar-refractivity contribution in [3.8, 4) is 0 Å². The molecule has 0 bridgehead atoms. The molecule has 0 radical (unpaired) electrons. The highest BCUT2D eigenvalue weighted by Gasteiger charge is 2.20. The topological polar surface area (TPSA) is 49.0 Å². The number of rotatable bonds is 1. The maximum absolute atomic E-state index is 12.1. The minimum atomic E-state index is 0.107. The van der Waals surface area contributed by atoms with Gasteiger partial charge >= 0.3 is 0 Å². The molecule has 15 heavy (non-hydrogen) atoms. The molecule has 1 aliphatic rings. The molecular weight excluding hydrogens is 325 g/mol.